The quantitative estimate of drug-likeness (QED) is 0.558. The van der Waals surface area contributed by atoms with E-state index in [0.29, 0.717) is 11.8 Å². The van der Waals surface area contributed by atoms with Crippen molar-refractivity contribution in [1.29, 1.82) is 0 Å². The molecule has 0 saturated heterocycles. The Kier molecular flexibility index (Phi) is 6.71. The van der Waals surface area contributed by atoms with E-state index in [1.54, 1.807) is 0 Å². The van der Waals surface area contributed by atoms with Crippen LogP contribution in [-0.4, -0.2) is 42.5 Å². The topological polar surface area (TPSA) is 29.5 Å². The molecule has 3 nitrogen and oxygen atoms in total. The number of ether oxygens (including phenoxy) is 1. The molecule has 0 spiro atoms. The van der Waals surface area contributed by atoms with E-state index in [2.05, 4.69) is 4.74 Å². The number of amides is 1. The maximum absolute atomic E-state index is 12.6. The fourth-order valence-corrected chi connectivity index (χ4v) is 3.97. The van der Waals surface area contributed by atoms with Crippen molar-refractivity contribution in [3.05, 3.63) is 0 Å². The van der Waals surface area contributed by atoms with Gasteiger partial charge in [-0.05, 0) is 43.9 Å². The van der Waals surface area contributed by atoms with Gasteiger partial charge < -0.3 is 9.64 Å². The fraction of sp³-hybridized carbons (Fsp3) is 0.941. The number of halogens is 6. The van der Waals surface area contributed by atoms with Crippen LogP contribution in [0.15, 0.2) is 0 Å². The summed E-state index contributed by atoms with van der Waals surface area (Å²) in [6, 6.07) is 0. The standard InChI is InChI=1S/C17H25F6NO2/c1-2-24(15(25)26-14(16(18,19)20)17(21,22)23)10-13-8-7-12(13)9-11-5-3-4-6-11/h11-14H,2-10H2,1H3. The van der Waals surface area contributed by atoms with Crippen molar-refractivity contribution in [3.63, 3.8) is 0 Å². The van der Waals surface area contributed by atoms with Crippen LogP contribution in [-0.2, 0) is 4.74 Å². The van der Waals surface area contributed by atoms with Crippen LogP contribution in [0.1, 0.15) is 51.9 Å². The van der Waals surface area contributed by atoms with E-state index in [1.165, 1.54) is 32.6 Å². The molecule has 0 aliphatic heterocycles. The van der Waals surface area contributed by atoms with Gasteiger partial charge in [0.25, 0.3) is 6.10 Å². The van der Waals surface area contributed by atoms with E-state index >= 15 is 0 Å². The van der Waals surface area contributed by atoms with Crippen LogP contribution in [0.3, 0.4) is 0 Å². The zero-order valence-corrected chi connectivity index (χ0v) is 14.7. The van der Waals surface area contributed by atoms with E-state index < -0.39 is 24.5 Å². The van der Waals surface area contributed by atoms with Gasteiger partial charge >= 0.3 is 18.4 Å². The zero-order valence-electron chi connectivity index (χ0n) is 14.7. The highest BCUT2D eigenvalue weighted by molar-refractivity contribution is 5.68. The van der Waals surface area contributed by atoms with Gasteiger partial charge in [0.05, 0.1) is 0 Å². The monoisotopic (exact) mass is 389 g/mol. The molecule has 2 rings (SSSR count). The molecule has 2 aliphatic carbocycles. The highest BCUT2D eigenvalue weighted by Crippen LogP contribution is 2.43. The van der Waals surface area contributed by atoms with E-state index in [4.69, 9.17) is 0 Å². The minimum atomic E-state index is -5.69. The summed E-state index contributed by atoms with van der Waals surface area (Å²) < 4.78 is 79.2. The van der Waals surface area contributed by atoms with Gasteiger partial charge in [0.2, 0.25) is 0 Å². The second kappa shape index (κ2) is 8.25. The lowest BCUT2D eigenvalue weighted by Gasteiger charge is -2.41. The molecule has 0 aromatic rings. The smallest absolute Gasteiger partial charge is 0.426 e. The number of hydrogen-bond acceptors (Lipinski definition) is 2. The van der Waals surface area contributed by atoms with Crippen LogP contribution < -0.4 is 0 Å². The predicted molar refractivity (Wildman–Crippen MR) is 82.4 cm³/mol. The van der Waals surface area contributed by atoms with Gasteiger partial charge in [-0.15, -0.1) is 0 Å². The van der Waals surface area contributed by atoms with Crippen molar-refractivity contribution in [2.75, 3.05) is 13.1 Å². The number of hydrogen-bond donors (Lipinski definition) is 0. The lowest BCUT2D eigenvalue weighted by Crippen LogP contribution is -2.49. The van der Waals surface area contributed by atoms with Crippen LogP contribution in [0.4, 0.5) is 31.1 Å². The second-order valence-corrected chi connectivity index (χ2v) is 7.37. The number of carbonyl (C=O) groups excluding carboxylic acids is 1. The van der Waals surface area contributed by atoms with Gasteiger partial charge in [-0.2, -0.15) is 26.3 Å². The molecular weight excluding hydrogens is 364 g/mol. The average molecular weight is 389 g/mol. The van der Waals surface area contributed by atoms with Gasteiger partial charge in [-0.25, -0.2) is 4.79 Å². The van der Waals surface area contributed by atoms with Gasteiger partial charge in [0.1, 0.15) is 0 Å². The third-order valence-electron chi connectivity index (χ3n) is 5.59. The Morgan fingerprint density at radius 2 is 1.54 bits per heavy atom. The molecular formula is C17H25F6NO2. The summed E-state index contributed by atoms with van der Waals surface area (Å²) in [6.07, 6.45) is -9.36. The minimum absolute atomic E-state index is 0.00785. The molecule has 0 aromatic carbocycles. The Bertz CT molecular complexity index is 459. The molecule has 9 heteroatoms. The molecule has 0 radical (unpaired) electrons. The molecule has 2 unspecified atom stereocenters. The summed E-state index contributed by atoms with van der Waals surface area (Å²) in [5.41, 5.74) is 0. The first kappa shape index (κ1) is 21.2. The molecule has 152 valence electrons. The minimum Gasteiger partial charge on any atom is -0.426 e. The van der Waals surface area contributed by atoms with Gasteiger partial charge in [0, 0.05) is 13.1 Å². The molecule has 2 atom stereocenters. The first-order valence-electron chi connectivity index (χ1n) is 9.11. The van der Waals surface area contributed by atoms with Gasteiger partial charge in [-0.1, -0.05) is 25.7 Å². The second-order valence-electron chi connectivity index (χ2n) is 7.37. The maximum atomic E-state index is 12.6. The number of carbonyl (C=O) groups is 1. The molecule has 2 aliphatic rings. The lowest BCUT2D eigenvalue weighted by atomic mass is 9.69. The van der Waals surface area contributed by atoms with Gasteiger partial charge in [-0.3, -0.25) is 0 Å². The van der Waals surface area contributed by atoms with Crippen molar-refractivity contribution >= 4 is 6.09 Å². The van der Waals surface area contributed by atoms with Crippen LogP contribution in [0.25, 0.3) is 0 Å². The van der Waals surface area contributed by atoms with E-state index in [1.807, 2.05) is 0 Å². The summed E-state index contributed by atoms with van der Waals surface area (Å²) in [7, 11) is 0. The van der Waals surface area contributed by atoms with Crippen molar-refractivity contribution in [3.8, 4) is 0 Å². The van der Waals surface area contributed by atoms with Crippen LogP contribution in [0, 0.1) is 17.8 Å². The van der Waals surface area contributed by atoms with E-state index in [-0.39, 0.29) is 19.0 Å². The number of alkyl halides is 6. The third-order valence-corrected chi connectivity index (χ3v) is 5.59. The largest absolute Gasteiger partial charge is 0.434 e. The van der Waals surface area contributed by atoms with Gasteiger partial charge in [0.15, 0.2) is 0 Å². The summed E-state index contributed by atoms with van der Waals surface area (Å²) in [4.78, 5) is 12.9. The predicted octanol–water partition coefficient (Wildman–Crippen LogP) is 5.54. The summed E-state index contributed by atoms with van der Waals surface area (Å²) >= 11 is 0. The van der Waals surface area contributed by atoms with Crippen molar-refractivity contribution in [2.24, 2.45) is 17.8 Å². The Hall–Kier alpha value is -1.15. The highest BCUT2D eigenvalue weighted by atomic mass is 19.4. The molecule has 0 heterocycles. The Labute approximate surface area is 149 Å². The lowest BCUT2D eigenvalue weighted by molar-refractivity contribution is -0.308. The Balaban J connectivity index is 1.91. The van der Waals surface area contributed by atoms with E-state index in [0.717, 1.165) is 24.2 Å². The average Bonchev–Trinajstić information content (AvgIpc) is 3.00. The van der Waals surface area contributed by atoms with Crippen LogP contribution in [0.5, 0.6) is 0 Å². The molecule has 0 bridgehead atoms. The van der Waals surface area contributed by atoms with Crippen molar-refractivity contribution in [1.82, 2.24) is 4.90 Å². The maximum Gasteiger partial charge on any atom is 0.434 e. The number of nitrogens with zero attached hydrogens (tertiary/aromatic N) is 1. The molecule has 0 N–H and O–H groups in total. The van der Waals surface area contributed by atoms with Crippen LogP contribution in [0.2, 0.25) is 0 Å². The Morgan fingerprint density at radius 3 is 1.96 bits per heavy atom. The fourth-order valence-electron chi connectivity index (χ4n) is 3.97. The SMILES string of the molecule is CCN(CC1CCC1CC1CCCC1)C(=O)OC(C(F)(F)F)C(F)(F)F. The summed E-state index contributed by atoms with van der Waals surface area (Å²) in [5.74, 6) is 1.17. The summed E-state index contributed by atoms with van der Waals surface area (Å²) in [6.45, 7) is 1.67. The molecule has 1 amide bonds. The first-order chi connectivity index (χ1) is 12.0. The number of rotatable bonds is 6. The van der Waals surface area contributed by atoms with Crippen molar-refractivity contribution < 1.29 is 35.9 Å². The molecule has 2 fully saturated rings. The Morgan fingerprint density at radius 1 is 1.00 bits per heavy atom. The zero-order chi connectivity index (χ0) is 19.5. The van der Waals surface area contributed by atoms with Crippen LogP contribution >= 0.6 is 0 Å². The first-order valence-corrected chi connectivity index (χ1v) is 9.11. The molecule has 0 aromatic heterocycles. The van der Waals surface area contributed by atoms with E-state index in [9.17, 15) is 31.1 Å². The summed E-state index contributed by atoms with van der Waals surface area (Å²) in [5, 5.41) is 0. The van der Waals surface area contributed by atoms with Crippen molar-refractivity contribution in [2.45, 2.75) is 70.3 Å². The third kappa shape index (κ3) is 5.42. The molecule has 2 saturated carbocycles. The highest BCUT2D eigenvalue weighted by Gasteiger charge is 2.60. The normalized spacial score (nSPS) is 24.6. The molecule has 26 heavy (non-hydrogen) atoms.